The summed E-state index contributed by atoms with van der Waals surface area (Å²) in [5, 5.41) is 2.30. The van der Waals surface area contributed by atoms with Crippen LogP contribution in [0.1, 0.15) is 45.2 Å². The van der Waals surface area contributed by atoms with Gasteiger partial charge in [0.05, 0.1) is 5.35 Å². The molecule has 1 heterocycles. The Kier molecular flexibility index (Phi) is 5.41. The Labute approximate surface area is 104 Å². The van der Waals surface area contributed by atoms with Crippen LogP contribution in [0.4, 0.5) is 0 Å². The Morgan fingerprint density at radius 3 is 2.35 bits per heavy atom. The summed E-state index contributed by atoms with van der Waals surface area (Å²) < 4.78 is 0. The van der Waals surface area contributed by atoms with Gasteiger partial charge in [0.25, 0.3) is 0 Å². The SMILES string of the molecule is C/C=C\c1cnc(=C/C)/c(=C\CC)c1/C=C\C. The van der Waals surface area contributed by atoms with Crippen LogP contribution >= 0.6 is 0 Å². The van der Waals surface area contributed by atoms with E-state index in [4.69, 9.17) is 0 Å². The first kappa shape index (κ1) is 13.4. The van der Waals surface area contributed by atoms with Crippen LogP contribution in [0.3, 0.4) is 0 Å². The molecule has 0 fully saturated rings. The Bertz CT molecular complexity index is 533. The lowest BCUT2D eigenvalue weighted by Gasteiger charge is -2.03. The maximum atomic E-state index is 4.51. The molecule has 0 saturated carbocycles. The van der Waals surface area contributed by atoms with Crippen molar-refractivity contribution in [1.29, 1.82) is 0 Å². The third-order valence-electron chi connectivity index (χ3n) is 2.58. The van der Waals surface area contributed by atoms with E-state index in [1.165, 1.54) is 16.3 Å². The van der Waals surface area contributed by atoms with E-state index in [0.29, 0.717) is 0 Å². The van der Waals surface area contributed by atoms with E-state index in [0.717, 1.165) is 11.8 Å². The van der Waals surface area contributed by atoms with Gasteiger partial charge in [0, 0.05) is 17.0 Å². The number of nitrogens with zero attached hydrogens (tertiary/aromatic N) is 1. The minimum Gasteiger partial charge on any atom is -0.256 e. The summed E-state index contributed by atoms with van der Waals surface area (Å²) in [6, 6.07) is 0. The van der Waals surface area contributed by atoms with Gasteiger partial charge in [-0.15, -0.1) is 0 Å². The highest BCUT2D eigenvalue weighted by Gasteiger charge is 2.00. The van der Waals surface area contributed by atoms with E-state index < -0.39 is 0 Å². The minimum atomic E-state index is 1.02. The molecule has 1 rings (SSSR count). The second-order valence-electron chi connectivity index (χ2n) is 3.83. The fourth-order valence-corrected chi connectivity index (χ4v) is 1.89. The molecule has 0 unspecified atom stereocenters. The van der Waals surface area contributed by atoms with Crippen molar-refractivity contribution in [3.8, 4) is 0 Å². The lowest BCUT2D eigenvalue weighted by atomic mass is 10.0. The summed E-state index contributed by atoms with van der Waals surface area (Å²) in [5.41, 5.74) is 2.44. The molecule has 0 aliphatic carbocycles. The van der Waals surface area contributed by atoms with Crippen molar-refractivity contribution in [1.82, 2.24) is 4.98 Å². The molecule has 0 N–H and O–H groups in total. The molecule has 1 heteroatoms. The molecular formula is C16H21N. The van der Waals surface area contributed by atoms with Gasteiger partial charge in [-0.1, -0.05) is 43.4 Å². The van der Waals surface area contributed by atoms with Crippen molar-refractivity contribution in [2.45, 2.75) is 34.1 Å². The quantitative estimate of drug-likeness (QED) is 0.773. The van der Waals surface area contributed by atoms with Crippen LogP contribution in [0.2, 0.25) is 0 Å². The fraction of sp³-hybridized carbons (Fsp3) is 0.312. The van der Waals surface area contributed by atoms with Gasteiger partial charge in [0.1, 0.15) is 0 Å². The number of aromatic nitrogens is 1. The zero-order chi connectivity index (χ0) is 12.7. The summed E-state index contributed by atoms with van der Waals surface area (Å²) in [4.78, 5) is 4.51. The second-order valence-corrected chi connectivity index (χ2v) is 3.83. The van der Waals surface area contributed by atoms with Crippen molar-refractivity contribution in [3.05, 3.63) is 40.0 Å². The van der Waals surface area contributed by atoms with Gasteiger partial charge in [-0.05, 0) is 32.8 Å². The van der Waals surface area contributed by atoms with Gasteiger partial charge in [0.15, 0.2) is 0 Å². The highest BCUT2D eigenvalue weighted by atomic mass is 14.6. The first-order valence-electron chi connectivity index (χ1n) is 6.19. The predicted molar refractivity (Wildman–Crippen MR) is 77.8 cm³/mol. The number of pyridine rings is 1. The summed E-state index contributed by atoms with van der Waals surface area (Å²) >= 11 is 0. The average Bonchev–Trinajstić information content (AvgIpc) is 2.34. The van der Waals surface area contributed by atoms with Crippen LogP contribution in [-0.2, 0) is 0 Å². The van der Waals surface area contributed by atoms with Crippen molar-refractivity contribution in [2.24, 2.45) is 0 Å². The molecular weight excluding hydrogens is 206 g/mol. The zero-order valence-corrected chi connectivity index (χ0v) is 11.2. The largest absolute Gasteiger partial charge is 0.256 e. The van der Waals surface area contributed by atoms with Crippen LogP contribution < -0.4 is 10.6 Å². The van der Waals surface area contributed by atoms with E-state index in [-0.39, 0.29) is 0 Å². The van der Waals surface area contributed by atoms with Gasteiger partial charge in [-0.2, -0.15) is 0 Å². The number of hydrogen-bond donors (Lipinski definition) is 0. The van der Waals surface area contributed by atoms with Gasteiger partial charge in [-0.3, -0.25) is 4.98 Å². The first-order chi connectivity index (χ1) is 8.28. The van der Waals surface area contributed by atoms with Crippen LogP contribution in [0, 0.1) is 0 Å². The molecule has 0 amide bonds. The first-order valence-corrected chi connectivity index (χ1v) is 6.19. The normalized spacial score (nSPS) is 14.4. The van der Waals surface area contributed by atoms with Crippen LogP contribution in [0.15, 0.2) is 18.3 Å². The lowest BCUT2D eigenvalue weighted by Crippen LogP contribution is -2.31. The molecule has 0 radical (unpaired) electrons. The van der Waals surface area contributed by atoms with Gasteiger partial charge < -0.3 is 0 Å². The summed E-state index contributed by atoms with van der Waals surface area (Å²) in [6.45, 7) is 8.26. The standard InChI is InChI=1S/C16H21N/c1-5-9-13-12-17-16(8-4)15(11-7-3)14(13)10-6-2/h5-6,8-12H,7H2,1-4H3/b9-5-,10-6-,15-11-,16-8+. The molecule has 0 aliphatic heterocycles. The fourth-order valence-electron chi connectivity index (χ4n) is 1.89. The Balaban J connectivity index is 3.72. The lowest BCUT2D eigenvalue weighted by molar-refractivity contribution is 1.18. The summed E-state index contributed by atoms with van der Waals surface area (Å²) in [5.74, 6) is 0. The van der Waals surface area contributed by atoms with Crippen LogP contribution in [-0.4, -0.2) is 4.98 Å². The van der Waals surface area contributed by atoms with Crippen molar-refractivity contribution < 1.29 is 0 Å². The van der Waals surface area contributed by atoms with Gasteiger partial charge in [-0.25, -0.2) is 0 Å². The van der Waals surface area contributed by atoms with E-state index in [1.54, 1.807) is 0 Å². The Morgan fingerprint density at radius 2 is 1.82 bits per heavy atom. The van der Waals surface area contributed by atoms with Crippen molar-refractivity contribution in [2.75, 3.05) is 0 Å². The molecule has 0 aliphatic rings. The van der Waals surface area contributed by atoms with Crippen LogP contribution in [0.5, 0.6) is 0 Å². The number of rotatable bonds is 3. The molecule has 1 aromatic heterocycles. The smallest absolute Gasteiger partial charge is 0.0662 e. The van der Waals surface area contributed by atoms with E-state index in [1.807, 2.05) is 27.0 Å². The maximum Gasteiger partial charge on any atom is 0.0662 e. The maximum absolute atomic E-state index is 4.51. The predicted octanol–water partition coefficient (Wildman–Crippen LogP) is 3.14. The Hall–Kier alpha value is -1.63. The van der Waals surface area contributed by atoms with Gasteiger partial charge in [0.2, 0.25) is 0 Å². The molecule has 0 bridgehead atoms. The van der Waals surface area contributed by atoms with E-state index in [2.05, 4.69) is 48.4 Å². The molecule has 1 aromatic rings. The topological polar surface area (TPSA) is 12.9 Å². The zero-order valence-electron chi connectivity index (χ0n) is 11.2. The highest BCUT2D eigenvalue weighted by molar-refractivity contribution is 5.65. The third-order valence-corrected chi connectivity index (χ3v) is 2.58. The molecule has 0 aromatic carbocycles. The summed E-state index contributed by atoms with van der Waals surface area (Å²) in [6.07, 6.45) is 15.7. The third kappa shape index (κ3) is 3.16. The average molecular weight is 227 g/mol. The number of allylic oxidation sites excluding steroid dienone is 2. The Morgan fingerprint density at radius 1 is 1.12 bits per heavy atom. The highest BCUT2D eigenvalue weighted by Crippen LogP contribution is 2.06. The number of hydrogen-bond acceptors (Lipinski definition) is 1. The molecule has 1 nitrogen and oxygen atoms in total. The minimum absolute atomic E-state index is 1.02. The van der Waals surface area contributed by atoms with E-state index in [9.17, 15) is 0 Å². The molecule has 17 heavy (non-hydrogen) atoms. The van der Waals surface area contributed by atoms with E-state index >= 15 is 0 Å². The second kappa shape index (κ2) is 6.85. The molecule has 90 valence electrons. The van der Waals surface area contributed by atoms with Gasteiger partial charge >= 0.3 is 0 Å². The summed E-state index contributed by atoms with van der Waals surface area (Å²) in [7, 11) is 0. The monoisotopic (exact) mass is 227 g/mol. The van der Waals surface area contributed by atoms with Crippen LogP contribution in [0.25, 0.3) is 24.3 Å². The molecule has 0 saturated heterocycles. The van der Waals surface area contributed by atoms with Crippen molar-refractivity contribution in [3.63, 3.8) is 0 Å². The molecule has 0 spiro atoms. The molecule has 0 atom stereocenters. The van der Waals surface area contributed by atoms with Crippen molar-refractivity contribution >= 4 is 24.3 Å².